The van der Waals surface area contributed by atoms with E-state index in [-0.39, 0.29) is 0 Å². The van der Waals surface area contributed by atoms with E-state index >= 15 is 0 Å². The number of hydrogen-bond acceptors (Lipinski definition) is 0. The van der Waals surface area contributed by atoms with Gasteiger partial charge in [0, 0.05) is 0 Å². The molecule has 0 fully saturated rings. The van der Waals surface area contributed by atoms with Crippen molar-refractivity contribution in [2.24, 2.45) is 0 Å². The van der Waals surface area contributed by atoms with E-state index in [1.807, 2.05) is 0 Å². The van der Waals surface area contributed by atoms with E-state index in [4.69, 9.17) is 11.2 Å². The average Bonchev–Trinajstić information content (AvgIpc) is 2.77. The first-order valence-electron chi connectivity index (χ1n) is 9.26. The molecule has 0 heterocycles. The van der Waals surface area contributed by atoms with E-state index in [9.17, 15) is 0 Å². The molecule has 3 heteroatoms. The molecule has 0 aliphatic heterocycles. The second kappa shape index (κ2) is 7.99. The topological polar surface area (TPSA) is 0 Å². The predicted octanol–water partition coefficient (Wildman–Crippen LogP) is 6.47. The van der Waals surface area contributed by atoms with Gasteiger partial charge in [0.1, 0.15) is 0 Å². The van der Waals surface area contributed by atoms with Gasteiger partial charge in [-0.15, -0.1) is 0 Å². The van der Waals surface area contributed by atoms with Gasteiger partial charge < -0.3 is 0 Å². The molecular weight excluding hydrogens is 494 g/mol. The van der Waals surface area contributed by atoms with Crippen molar-refractivity contribution in [3.63, 3.8) is 0 Å². The fraction of sp³-hybridized carbons (Fsp3) is 0.0400. The quantitative estimate of drug-likeness (QED) is 0.211. The summed E-state index contributed by atoms with van der Waals surface area (Å²) >= 11 is 10.5. The van der Waals surface area contributed by atoms with Crippen LogP contribution in [0, 0.1) is 3.57 Å². The van der Waals surface area contributed by atoms with Gasteiger partial charge in [-0.05, 0) is 0 Å². The van der Waals surface area contributed by atoms with Crippen LogP contribution in [0.2, 0.25) is 0 Å². The van der Waals surface area contributed by atoms with Crippen molar-refractivity contribution < 1.29 is 0 Å². The van der Waals surface area contributed by atoms with Gasteiger partial charge in [-0.25, -0.2) is 0 Å². The Labute approximate surface area is 185 Å². The van der Waals surface area contributed by atoms with Gasteiger partial charge in [-0.1, -0.05) is 0 Å². The molecule has 0 saturated carbocycles. The number of benzene rings is 4. The van der Waals surface area contributed by atoms with E-state index in [0.717, 1.165) is 6.16 Å². The van der Waals surface area contributed by atoms with E-state index < -0.39 is 5.96 Å². The first-order valence-corrected chi connectivity index (χ1v) is 13.7. The zero-order valence-electron chi connectivity index (χ0n) is 15.4. The van der Waals surface area contributed by atoms with Crippen molar-refractivity contribution in [2.45, 2.75) is 6.16 Å². The summed E-state index contributed by atoms with van der Waals surface area (Å²) < 4.78 is 1.25. The van der Waals surface area contributed by atoms with Crippen molar-refractivity contribution in [3.05, 3.63) is 124 Å². The van der Waals surface area contributed by atoms with E-state index in [1.54, 1.807) is 0 Å². The van der Waals surface area contributed by atoms with Crippen molar-refractivity contribution in [3.8, 4) is 0 Å². The molecule has 28 heavy (non-hydrogen) atoms. The standard InChI is InChI=1S/C25H21ClIP/c26-28(22-13-4-1-5-14-22,23-15-6-2-7-16-23,24-17-8-3-9-18-24)20-21-12-10-11-19-25(21)27/h1-19H,20H2. The number of rotatable bonds is 5. The van der Waals surface area contributed by atoms with Crippen LogP contribution in [0.1, 0.15) is 5.56 Å². The Balaban J connectivity index is 2.11. The molecule has 0 bridgehead atoms. The van der Waals surface area contributed by atoms with E-state index in [2.05, 4.69) is 138 Å². The van der Waals surface area contributed by atoms with Crippen molar-refractivity contribution in [1.82, 2.24) is 0 Å². The minimum absolute atomic E-state index is 0.782. The van der Waals surface area contributed by atoms with Crippen LogP contribution in [-0.4, -0.2) is 0 Å². The van der Waals surface area contributed by atoms with Gasteiger partial charge in [0.05, 0.1) is 0 Å². The Hall–Kier alpha value is -1.67. The second-order valence-corrected chi connectivity index (χ2v) is 14.6. The Morgan fingerprint density at radius 3 is 1.29 bits per heavy atom. The van der Waals surface area contributed by atoms with Crippen LogP contribution in [-0.2, 0) is 6.16 Å². The Morgan fingerprint density at radius 2 is 0.893 bits per heavy atom. The fourth-order valence-electron chi connectivity index (χ4n) is 3.88. The second-order valence-electron chi connectivity index (χ2n) is 6.94. The fourth-order valence-corrected chi connectivity index (χ4v) is 10.9. The van der Waals surface area contributed by atoms with E-state index in [0.29, 0.717) is 0 Å². The summed E-state index contributed by atoms with van der Waals surface area (Å²) in [5.41, 5.74) is 1.28. The van der Waals surface area contributed by atoms with Gasteiger partial charge in [0.2, 0.25) is 0 Å². The van der Waals surface area contributed by atoms with Crippen molar-refractivity contribution in [2.75, 3.05) is 0 Å². The monoisotopic (exact) mass is 514 g/mol. The summed E-state index contributed by atoms with van der Waals surface area (Å²) in [5, 5.41) is 3.60. The molecule has 0 radical (unpaired) electrons. The summed E-state index contributed by atoms with van der Waals surface area (Å²) in [5.74, 6) is -3.24. The van der Waals surface area contributed by atoms with Gasteiger partial charge in [0.15, 0.2) is 0 Å². The van der Waals surface area contributed by atoms with Gasteiger partial charge in [-0.3, -0.25) is 0 Å². The van der Waals surface area contributed by atoms with Crippen LogP contribution < -0.4 is 15.9 Å². The maximum atomic E-state index is 8.11. The molecule has 4 aromatic rings. The summed E-state index contributed by atoms with van der Waals surface area (Å²) in [4.78, 5) is 0. The third-order valence-electron chi connectivity index (χ3n) is 5.31. The normalized spacial score (nSPS) is 12.9. The SMILES string of the molecule is ClP(Cc1ccccc1I)(c1ccccc1)(c1ccccc1)c1ccccc1. The van der Waals surface area contributed by atoms with Gasteiger partial charge >= 0.3 is 186 Å². The molecule has 0 unspecified atom stereocenters. The van der Waals surface area contributed by atoms with Crippen LogP contribution in [0.3, 0.4) is 0 Å². The third-order valence-corrected chi connectivity index (χ3v) is 13.5. The molecule has 4 aromatic carbocycles. The Bertz CT molecular complexity index is 966. The summed E-state index contributed by atoms with van der Waals surface area (Å²) in [6.45, 7) is 0. The Kier molecular flexibility index (Phi) is 5.60. The van der Waals surface area contributed by atoms with Crippen molar-refractivity contribution in [1.29, 1.82) is 0 Å². The Morgan fingerprint density at radius 1 is 0.536 bits per heavy atom. The molecular formula is C25H21ClIP. The molecule has 0 saturated heterocycles. The summed E-state index contributed by atoms with van der Waals surface area (Å²) in [6.07, 6.45) is 0.782. The van der Waals surface area contributed by atoms with Crippen LogP contribution >= 0.6 is 39.8 Å². The first kappa shape index (κ1) is 19.6. The molecule has 0 spiro atoms. The van der Waals surface area contributed by atoms with E-state index in [1.165, 1.54) is 25.0 Å². The molecule has 0 aromatic heterocycles. The molecule has 140 valence electrons. The molecule has 0 atom stereocenters. The number of halogens is 2. The predicted molar refractivity (Wildman–Crippen MR) is 134 cm³/mol. The average molecular weight is 515 g/mol. The van der Waals surface area contributed by atoms with Crippen LogP contribution in [0.5, 0.6) is 0 Å². The van der Waals surface area contributed by atoms with Crippen molar-refractivity contribution >= 4 is 55.7 Å². The molecule has 0 N–H and O–H groups in total. The zero-order chi connectivity index (χ0) is 19.5. The minimum atomic E-state index is -3.24. The van der Waals surface area contributed by atoms with Gasteiger partial charge in [-0.2, -0.15) is 0 Å². The number of hydrogen-bond donors (Lipinski definition) is 0. The van der Waals surface area contributed by atoms with Crippen LogP contribution in [0.4, 0.5) is 0 Å². The third kappa shape index (κ3) is 3.30. The first-order chi connectivity index (χ1) is 13.6. The maximum absolute atomic E-state index is 8.11. The molecule has 0 aliphatic rings. The molecule has 0 nitrogen and oxygen atoms in total. The summed E-state index contributed by atoms with van der Waals surface area (Å²) in [7, 11) is 0. The summed E-state index contributed by atoms with van der Waals surface area (Å²) in [6, 6.07) is 40.5. The van der Waals surface area contributed by atoms with Crippen LogP contribution in [0.25, 0.3) is 0 Å². The van der Waals surface area contributed by atoms with Crippen LogP contribution in [0.15, 0.2) is 115 Å². The zero-order valence-corrected chi connectivity index (χ0v) is 19.2. The molecule has 0 aliphatic carbocycles. The van der Waals surface area contributed by atoms with Gasteiger partial charge in [0.25, 0.3) is 0 Å². The molecule has 4 rings (SSSR count). The molecule has 0 amide bonds.